The van der Waals surface area contributed by atoms with Crippen LogP contribution >= 0.6 is 0 Å². The molecule has 17 heavy (non-hydrogen) atoms. The fraction of sp³-hybridized carbons (Fsp3) is 0.846. The van der Waals surface area contributed by atoms with Crippen molar-refractivity contribution in [3.05, 3.63) is 0 Å². The van der Waals surface area contributed by atoms with Crippen LogP contribution in [0.4, 0.5) is 0 Å². The lowest BCUT2D eigenvalue weighted by molar-refractivity contribution is -0.138. The molecule has 4 nitrogen and oxygen atoms in total. The first-order chi connectivity index (χ1) is 7.78. The molecular formula is C13H23NO3. The molecule has 1 saturated carbocycles. The van der Waals surface area contributed by atoms with Crippen molar-refractivity contribution in [1.82, 2.24) is 5.32 Å². The van der Waals surface area contributed by atoms with Crippen LogP contribution in [0, 0.1) is 11.3 Å². The summed E-state index contributed by atoms with van der Waals surface area (Å²) in [6.07, 6.45) is 3.71. The lowest BCUT2D eigenvalue weighted by Crippen LogP contribution is -2.43. The number of nitrogens with one attached hydrogen (secondary N) is 1. The highest BCUT2D eigenvalue weighted by Gasteiger charge is 2.29. The Morgan fingerprint density at radius 2 is 1.94 bits per heavy atom. The van der Waals surface area contributed by atoms with E-state index in [1.54, 1.807) is 0 Å². The van der Waals surface area contributed by atoms with Gasteiger partial charge in [-0.3, -0.25) is 9.59 Å². The van der Waals surface area contributed by atoms with E-state index in [2.05, 4.69) is 26.1 Å². The van der Waals surface area contributed by atoms with E-state index in [-0.39, 0.29) is 29.7 Å². The van der Waals surface area contributed by atoms with Gasteiger partial charge < -0.3 is 10.4 Å². The first kappa shape index (κ1) is 14.0. The summed E-state index contributed by atoms with van der Waals surface area (Å²) in [6, 6.07) is -0.249. The number of rotatable bonds is 5. The Labute approximate surface area is 103 Å². The van der Waals surface area contributed by atoms with Gasteiger partial charge in [-0.15, -0.1) is 0 Å². The second-order valence-electron chi connectivity index (χ2n) is 6.20. The molecule has 2 N–H and O–H groups in total. The molecular weight excluding hydrogens is 218 g/mol. The molecule has 1 unspecified atom stereocenters. The van der Waals surface area contributed by atoms with Crippen molar-refractivity contribution in [2.75, 3.05) is 0 Å². The van der Waals surface area contributed by atoms with Crippen molar-refractivity contribution in [1.29, 1.82) is 0 Å². The SMILES string of the molecule is CC(C)(C)CC(CC(=O)O)NC(=O)C1CCC1. The van der Waals surface area contributed by atoms with Crippen molar-refractivity contribution in [2.45, 2.75) is 58.9 Å². The quantitative estimate of drug-likeness (QED) is 0.775. The summed E-state index contributed by atoms with van der Waals surface area (Å²) < 4.78 is 0. The molecule has 0 saturated heterocycles. The average molecular weight is 241 g/mol. The smallest absolute Gasteiger partial charge is 0.305 e. The normalized spacial score (nSPS) is 18.3. The van der Waals surface area contributed by atoms with Gasteiger partial charge in [0, 0.05) is 12.0 Å². The van der Waals surface area contributed by atoms with Gasteiger partial charge in [-0.25, -0.2) is 0 Å². The van der Waals surface area contributed by atoms with Crippen molar-refractivity contribution >= 4 is 11.9 Å². The van der Waals surface area contributed by atoms with E-state index in [1.807, 2.05) is 0 Å². The maximum absolute atomic E-state index is 11.8. The van der Waals surface area contributed by atoms with Crippen LogP contribution in [0.2, 0.25) is 0 Å². The summed E-state index contributed by atoms with van der Waals surface area (Å²) >= 11 is 0. The van der Waals surface area contributed by atoms with E-state index in [0.717, 1.165) is 19.3 Å². The van der Waals surface area contributed by atoms with Crippen LogP contribution in [0.3, 0.4) is 0 Å². The third-order valence-corrected chi connectivity index (χ3v) is 3.10. The first-order valence-corrected chi connectivity index (χ1v) is 6.30. The van der Waals surface area contributed by atoms with E-state index >= 15 is 0 Å². The number of carbonyl (C=O) groups is 2. The number of carboxylic acids is 1. The molecule has 0 aliphatic heterocycles. The molecule has 0 aromatic rings. The topological polar surface area (TPSA) is 66.4 Å². The zero-order valence-electron chi connectivity index (χ0n) is 11.0. The maximum atomic E-state index is 11.8. The van der Waals surface area contributed by atoms with Gasteiger partial charge >= 0.3 is 5.97 Å². The molecule has 4 heteroatoms. The Morgan fingerprint density at radius 3 is 2.29 bits per heavy atom. The third kappa shape index (κ3) is 5.20. The number of hydrogen-bond acceptors (Lipinski definition) is 2. The van der Waals surface area contributed by atoms with Crippen molar-refractivity contribution in [2.24, 2.45) is 11.3 Å². The van der Waals surface area contributed by atoms with Gasteiger partial charge in [-0.05, 0) is 24.7 Å². The maximum Gasteiger partial charge on any atom is 0.305 e. The Kier molecular flexibility index (Phi) is 4.54. The molecule has 1 atom stereocenters. The molecule has 1 rings (SSSR count). The molecule has 1 aliphatic rings. The van der Waals surface area contributed by atoms with E-state index < -0.39 is 5.97 Å². The van der Waals surface area contributed by atoms with E-state index in [4.69, 9.17) is 5.11 Å². The Hall–Kier alpha value is -1.06. The summed E-state index contributed by atoms with van der Waals surface area (Å²) in [5.41, 5.74) is 0.0208. The summed E-state index contributed by atoms with van der Waals surface area (Å²) in [7, 11) is 0. The Balaban J connectivity index is 2.49. The fourth-order valence-electron chi connectivity index (χ4n) is 2.11. The molecule has 0 radical (unpaired) electrons. The lowest BCUT2D eigenvalue weighted by Gasteiger charge is -2.30. The van der Waals surface area contributed by atoms with Crippen LogP contribution in [0.5, 0.6) is 0 Å². The van der Waals surface area contributed by atoms with Gasteiger partial charge in [0.05, 0.1) is 6.42 Å². The molecule has 1 aliphatic carbocycles. The zero-order chi connectivity index (χ0) is 13.1. The average Bonchev–Trinajstić information content (AvgIpc) is 1.93. The van der Waals surface area contributed by atoms with Gasteiger partial charge in [0.2, 0.25) is 5.91 Å². The predicted octanol–water partition coefficient (Wildman–Crippen LogP) is 2.18. The van der Waals surface area contributed by atoms with Gasteiger partial charge in [-0.1, -0.05) is 27.2 Å². The van der Waals surface area contributed by atoms with Crippen molar-refractivity contribution in [3.63, 3.8) is 0 Å². The van der Waals surface area contributed by atoms with Crippen LogP contribution in [0.25, 0.3) is 0 Å². The molecule has 0 aromatic heterocycles. The molecule has 1 amide bonds. The monoisotopic (exact) mass is 241 g/mol. The minimum Gasteiger partial charge on any atom is -0.481 e. The van der Waals surface area contributed by atoms with Crippen LogP contribution in [0.1, 0.15) is 52.9 Å². The third-order valence-electron chi connectivity index (χ3n) is 3.10. The van der Waals surface area contributed by atoms with Gasteiger partial charge in [0.15, 0.2) is 0 Å². The van der Waals surface area contributed by atoms with Crippen LogP contribution in [0.15, 0.2) is 0 Å². The van der Waals surface area contributed by atoms with Gasteiger partial charge in [0.1, 0.15) is 0 Å². The minimum absolute atomic E-state index is 0.00965. The van der Waals surface area contributed by atoms with Crippen molar-refractivity contribution in [3.8, 4) is 0 Å². The van der Waals surface area contributed by atoms with Crippen LogP contribution < -0.4 is 5.32 Å². The van der Waals surface area contributed by atoms with Crippen LogP contribution in [-0.4, -0.2) is 23.0 Å². The van der Waals surface area contributed by atoms with E-state index in [0.29, 0.717) is 6.42 Å². The van der Waals surface area contributed by atoms with Crippen LogP contribution in [-0.2, 0) is 9.59 Å². The Morgan fingerprint density at radius 1 is 1.35 bits per heavy atom. The molecule has 0 aromatic carbocycles. The van der Waals surface area contributed by atoms with E-state index in [1.165, 1.54) is 0 Å². The van der Waals surface area contributed by atoms with Crippen molar-refractivity contribution < 1.29 is 14.7 Å². The highest BCUT2D eigenvalue weighted by atomic mass is 16.4. The molecule has 1 fully saturated rings. The first-order valence-electron chi connectivity index (χ1n) is 6.30. The molecule has 98 valence electrons. The molecule has 0 spiro atoms. The zero-order valence-corrected chi connectivity index (χ0v) is 11.0. The minimum atomic E-state index is -0.854. The number of hydrogen-bond donors (Lipinski definition) is 2. The standard InChI is InChI=1S/C13H23NO3/c1-13(2,3)8-10(7-11(15)16)14-12(17)9-5-4-6-9/h9-10H,4-8H2,1-3H3,(H,14,17)(H,15,16). The fourth-order valence-corrected chi connectivity index (χ4v) is 2.11. The summed E-state index contributed by atoms with van der Waals surface area (Å²) in [6.45, 7) is 6.16. The summed E-state index contributed by atoms with van der Waals surface area (Å²) in [5.74, 6) is -0.703. The van der Waals surface area contributed by atoms with E-state index in [9.17, 15) is 9.59 Å². The molecule has 0 heterocycles. The summed E-state index contributed by atoms with van der Waals surface area (Å²) in [4.78, 5) is 22.6. The van der Waals surface area contributed by atoms with Gasteiger partial charge in [-0.2, -0.15) is 0 Å². The Bertz CT molecular complexity index is 290. The summed E-state index contributed by atoms with van der Waals surface area (Å²) in [5, 5.41) is 11.7. The highest BCUT2D eigenvalue weighted by Crippen LogP contribution is 2.27. The number of carboxylic acid groups (broad SMARTS) is 1. The predicted molar refractivity (Wildman–Crippen MR) is 65.6 cm³/mol. The largest absolute Gasteiger partial charge is 0.481 e. The lowest BCUT2D eigenvalue weighted by atomic mass is 9.83. The highest BCUT2D eigenvalue weighted by molar-refractivity contribution is 5.80. The molecule has 0 bridgehead atoms. The van der Waals surface area contributed by atoms with Gasteiger partial charge in [0.25, 0.3) is 0 Å². The number of aliphatic carboxylic acids is 1. The second kappa shape index (κ2) is 5.52. The number of carbonyl (C=O) groups excluding carboxylic acids is 1. The second-order valence-corrected chi connectivity index (χ2v) is 6.20. The number of amides is 1.